The van der Waals surface area contributed by atoms with E-state index in [1.807, 2.05) is 12.1 Å². The normalized spacial score (nSPS) is 14.2. The molecule has 10 heteroatoms. The van der Waals surface area contributed by atoms with E-state index in [1.165, 1.54) is 37.1 Å². The standard InChI is InChI=1S/C24H23F3N4O3/c25-24(26,27)21-18(11-19(22(28)32)23(33)31-21)15-6-8-17(9-7-15)34-13-14-5-10-20(29-12-14)30-16-3-1-2-4-16/h5-12,16H,1-4,13H2,(H2,28,32)(H,29,30)(H,31,33). The van der Waals surface area contributed by atoms with Gasteiger partial charge in [0.15, 0.2) is 0 Å². The molecule has 2 heterocycles. The number of pyridine rings is 2. The number of hydrogen-bond donors (Lipinski definition) is 3. The van der Waals surface area contributed by atoms with Crippen LogP contribution in [-0.4, -0.2) is 21.9 Å². The molecule has 4 N–H and O–H groups in total. The zero-order valence-corrected chi connectivity index (χ0v) is 18.1. The lowest BCUT2D eigenvalue weighted by molar-refractivity contribution is -0.140. The van der Waals surface area contributed by atoms with Crippen molar-refractivity contribution in [1.29, 1.82) is 0 Å². The molecule has 3 aromatic rings. The first-order chi connectivity index (χ1) is 16.2. The fourth-order valence-electron chi connectivity index (χ4n) is 3.94. The van der Waals surface area contributed by atoms with Crippen LogP contribution in [0.25, 0.3) is 11.1 Å². The van der Waals surface area contributed by atoms with Crippen LogP contribution in [0, 0.1) is 0 Å². The molecule has 34 heavy (non-hydrogen) atoms. The molecule has 1 fully saturated rings. The molecular formula is C24H23F3N4O3. The maximum Gasteiger partial charge on any atom is 0.431 e. The summed E-state index contributed by atoms with van der Waals surface area (Å²) in [5, 5.41) is 3.41. The number of primary amides is 1. The van der Waals surface area contributed by atoms with Crippen LogP contribution in [0.1, 0.15) is 47.3 Å². The number of benzene rings is 1. The molecule has 7 nitrogen and oxygen atoms in total. The van der Waals surface area contributed by atoms with Gasteiger partial charge in [0.25, 0.3) is 11.5 Å². The van der Waals surface area contributed by atoms with Gasteiger partial charge in [-0.2, -0.15) is 13.2 Å². The third-order valence-electron chi connectivity index (χ3n) is 5.69. The number of amides is 1. The second-order valence-electron chi connectivity index (χ2n) is 8.15. The summed E-state index contributed by atoms with van der Waals surface area (Å²) in [5.41, 5.74) is 2.74. The lowest BCUT2D eigenvalue weighted by Gasteiger charge is -2.14. The van der Waals surface area contributed by atoms with Crippen molar-refractivity contribution in [3.05, 3.63) is 75.8 Å². The number of anilines is 1. The molecule has 2 aromatic heterocycles. The van der Waals surface area contributed by atoms with Crippen molar-refractivity contribution in [3.8, 4) is 16.9 Å². The molecule has 1 aliphatic carbocycles. The van der Waals surface area contributed by atoms with E-state index in [4.69, 9.17) is 10.5 Å². The highest BCUT2D eigenvalue weighted by Gasteiger charge is 2.36. The first-order valence-electron chi connectivity index (χ1n) is 10.8. The van der Waals surface area contributed by atoms with Crippen molar-refractivity contribution >= 4 is 11.7 Å². The minimum absolute atomic E-state index is 0.141. The predicted octanol–water partition coefficient (Wildman–Crippen LogP) is 4.49. The number of nitrogens with one attached hydrogen (secondary N) is 2. The van der Waals surface area contributed by atoms with Crippen LogP contribution in [0.15, 0.2) is 53.5 Å². The Labute approximate surface area is 193 Å². The van der Waals surface area contributed by atoms with Crippen molar-refractivity contribution in [1.82, 2.24) is 9.97 Å². The topological polar surface area (TPSA) is 110 Å². The van der Waals surface area contributed by atoms with Gasteiger partial charge in [0.1, 0.15) is 29.4 Å². The van der Waals surface area contributed by atoms with Crippen molar-refractivity contribution in [2.75, 3.05) is 5.32 Å². The molecule has 0 bridgehead atoms. The molecule has 1 saturated carbocycles. The Morgan fingerprint density at radius 2 is 1.85 bits per heavy atom. The highest BCUT2D eigenvalue weighted by Crippen LogP contribution is 2.35. The number of aromatic nitrogens is 2. The zero-order chi connectivity index (χ0) is 24.3. The van der Waals surface area contributed by atoms with E-state index >= 15 is 0 Å². The van der Waals surface area contributed by atoms with Crippen molar-refractivity contribution < 1.29 is 22.7 Å². The van der Waals surface area contributed by atoms with E-state index in [0.717, 1.165) is 30.3 Å². The second-order valence-corrected chi connectivity index (χ2v) is 8.15. The summed E-state index contributed by atoms with van der Waals surface area (Å²) >= 11 is 0. The maximum absolute atomic E-state index is 13.5. The van der Waals surface area contributed by atoms with E-state index < -0.39 is 28.9 Å². The number of aromatic amines is 1. The van der Waals surface area contributed by atoms with Crippen LogP contribution in [0.3, 0.4) is 0 Å². The number of hydrogen-bond acceptors (Lipinski definition) is 5. The molecule has 1 aliphatic rings. The molecule has 1 aromatic carbocycles. The predicted molar refractivity (Wildman–Crippen MR) is 120 cm³/mol. The van der Waals surface area contributed by atoms with Crippen LogP contribution < -0.4 is 21.3 Å². The molecule has 178 valence electrons. The molecule has 4 rings (SSSR count). The third kappa shape index (κ3) is 5.38. The fourth-order valence-corrected chi connectivity index (χ4v) is 3.94. The van der Waals surface area contributed by atoms with Crippen LogP contribution in [0.4, 0.5) is 19.0 Å². The molecule has 0 spiro atoms. The number of carbonyl (C=O) groups is 1. The quantitative estimate of drug-likeness (QED) is 0.469. The van der Waals surface area contributed by atoms with E-state index in [9.17, 15) is 22.8 Å². The van der Waals surface area contributed by atoms with E-state index in [2.05, 4.69) is 10.3 Å². The number of nitrogens with two attached hydrogens (primary N) is 1. The van der Waals surface area contributed by atoms with Crippen LogP contribution >= 0.6 is 0 Å². The Bertz CT molecular complexity index is 1220. The number of carbonyl (C=O) groups excluding carboxylic acids is 1. The zero-order valence-electron chi connectivity index (χ0n) is 18.1. The summed E-state index contributed by atoms with van der Waals surface area (Å²) in [6.45, 7) is 0.230. The summed E-state index contributed by atoms with van der Waals surface area (Å²) in [6, 6.07) is 11.0. The molecule has 0 aliphatic heterocycles. The summed E-state index contributed by atoms with van der Waals surface area (Å²) in [7, 11) is 0. The Hall–Kier alpha value is -3.82. The SMILES string of the molecule is NC(=O)c1cc(-c2ccc(OCc3ccc(NC4CCCC4)nc3)cc2)c(C(F)(F)F)[nH]c1=O. The first kappa shape index (κ1) is 23.3. The monoisotopic (exact) mass is 472 g/mol. The van der Waals surface area contributed by atoms with Gasteiger partial charge >= 0.3 is 6.18 Å². The number of halogens is 3. The molecule has 0 unspecified atom stereocenters. The van der Waals surface area contributed by atoms with Gasteiger partial charge in [-0.3, -0.25) is 9.59 Å². The minimum Gasteiger partial charge on any atom is -0.489 e. The van der Waals surface area contributed by atoms with E-state index in [1.54, 1.807) is 11.2 Å². The fraction of sp³-hybridized carbons (Fsp3) is 0.292. The third-order valence-corrected chi connectivity index (χ3v) is 5.69. The van der Waals surface area contributed by atoms with Gasteiger partial charge in [0, 0.05) is 23.4 Å². The smallest absolute Gasteiger partial charge is 0.431 e. The lowest BCUT2D eigenvalue weighted by atomic mass is 10.0. The molecule has 0 radical (unpaired) electrons. The van der Waals surface area contributed by atoms with Gasteiger partial charge in [0.2, 0.25) is 0 Å². The maximum atomic E-state index is 13.5. The highest BCUT2D eigenvalue weighted by atomic mass is 19.4. The summed E-state index contributed by atoms with van der Waals surface area (Å²) < 4.78 is 46.1. The molecule has 1 amide bonds. The van der Waals surface area contributed by atoms with Gasteiger partial charge in [-0.05, 0) is 42.7 Å². The molecule has 0 atom stereocenters. The van der Waals surface area contributed by atoms with E-state index in [-0.39, 0.29) is 17.7 Å². The average molecular weight is 472 g/mol. The Kier molecular flexibility index (Phi) is 6.58. The Morgan fingerprint density at radius 3 is 2.44 bits per heavy atom. The number of H-pyrrole nitrogens is 1. The first-order valence-corrected chi connectivity index (χ1v) is 10.8. The van der Waals surface area contributed by atoms with Crippen LogP contribution in [0.2, 0.25) is 0 Å². The van der Waals surface area contributed by atoms with Crippen LogP contribution in [0.5, 0.6) is 5.75 Å². The van der Waals surface area contributed by atoms with Crippen molar-refractivity contribution in [2.24, 2.45) is 5.73 Å². The van der Waals surface area contributed by atoms with E-state index in [0.29, 0.717) is 11.8 Å². The second kappa shape index (κ2) is 9.58. The minimum atomic E-state index is -4.83. The number of nitrogens with zero attached hydrogens (tertiary/aromatic N) is 1. The van der Waals surface area contributed by atoms with Crippen molar-refractivity contribution in [3.63, 3.8) is 0 Å². The summed E-state index contributed by atoms with van der Waals surface area (Å²) in [5.74, 6) is 0.135. The molecular weight excluding hydrogens is 449 g/mol. The van der Waals surface area contributed by atoms with Crippen LogP contribution in [-0.2, 0) is 12.8 Å². The van der Waals surface area contributed by atoms with Gasteiger partial charge in [-0.15, -0.1) is 0 Å². The molecule has 0 saturated heterocycles. The van der Waals surface area contributed by atoms with Gasteiger partial charge in [-0.1, -0.05) is 31.0 Å². The van der Waals surface area contributed by atoms with Gasteiger partial charge in [0.05, 0.1) is 0 Å². The van der Waals surface area contributed by atoms with Gasteiger partial charge < -0.3 is 20.8 Å². The largest absolute Gasteiger partial charge is 0.489 e. The number of ether oxygens (including phenoxy) is 1. The average Bonchev–Trinajstić information content (AvgIpc) is 3.31. The van der Waals surface area contributed by atoms with Gasteiger partial charge in [-0.25, -0.2) is 4.98 Å². The van der Waals surface area contributed by atoms with Crippen molar-refractivity contribution in [2.45, 2.75) is 44.5 Å². The summed E-state index contributed by atoms with van der Waals surface area (Å²) in [6.07, 6.45) is 1.65. The number of alkyl halides is 3. The Morgan fingerprint density at radius 1 is 1.15 bits per heavy atom. The lowest BCUT2D eigenvalue weighted by Crippen LogP contribution is -2.27. The number of rotatable bonds is 7. The summed E-state index contributed by atoms with van der Waals surface area (Å²) in [4.78, 5) is 29.4. The Balaban J connectivity index is 1.46. The highest BCUT2D eigenvalue weighted by molar-refractivity contribution is 5.94.